The third-order valence-corrected chi connectivity index (χ3v) is 5.30. The van der Waals surface area contributed by atoms with Crippen molar-refractivity contribution >= 4 is 5.91 Å². The molecule has 2 N–H and O–H groups in total. The fraction of sp³-hybridized carbons (Fsp3) is 0.409. The van der Waals surface area contributed by atoms with Gasteiger partial charge in [0.2, 0.25) is 5.91 Å². The number of aryl methyl sites for hydroxylation is 1. The molecule has 27 heavy (non-hydrogen) atoms. The average Bonchev–Trinajstić information content (AvgIpc) is 2.65. The Morgan fingerprint density at radius 3 is 2.59 bits per heavy atom. The number of carbonyl (C=O) groups excluding carboxylic acids is 1. The van der Waals surface area contributed by atoms with Crippen LogP contribution >= 0.6 is 0 Å². The Bertz CT molecular complexity index is 819. The summed E-state index contributed by atoms with van der Waals surface area (Å²) in [5, 5.41) is 3.02. The number of rotatable bonds is 6. The van der Waals surface area contributed by atoms with Crippen LogP contribution < -0.4 is 19.7 Å². The smallest absolute Gasteiger partial charge is 0.217 e. The average molecular weight is 369 g/mol. The zero-order valence-corrected chi connectivity index (χ0v) is 16.6. The molecule has 0 aliphatic carbocycles. The molecular formula is C22H29N2O3+. The molecule has 5 heteroatoms. The highest BCUT2D eigenvalue weighted by atomic mass is 16.5. The number of amides is 1. The normalized spacial score (nSPS) is 18.5. The van der Waals surface area contributed by atoms with Gasteiger partial charge in [-0.15, -0.1) is 0 Å². The Hall–Kier alpha value is -2.53. The number of ether oxygens (including phenoxy) is 2. The zero-order chi connectivity index (χ0) is 19.4. The molecule has 5 nitrogen and oxygen atoms in total. The fourth-order valence-electron chi connectivity index (χ4n) is 3.96. The first-order chi connectivity index (χ1) is 13.0. The van der Waals surface area contributed by atoms with Gasteiger partial charge in [-0.1, -0.05) is 29.8 Å². The van der Waals surface area contributed by atoms with Gasteiger partial charge in [0.25, 0.3) is 0 Å². The number of benzene rings is 2. The second kappa shape index (κ2) is 8.44. The Morgan fingerprint density at radius 2 is 1.93 bits per heavy atom. The van der Waals surface area contributed by atoms with Crippen molar-refractivity contribution in [2.75, 3.05) is 27.3 Å². The van der Waals surface area contributed by atoms with E-state index in [1.165, 1.54) is 27.2 Å². The first-order valence-corrected chi connectivity index (χ1v) is 9.41. The van der Waals surface area contributed by atoms with E-state index in [1.807, 2.05) is 0 Å². The summed E-state index contributed by atoms with van der Waals surface area (Å²) in [6, 6.07) is 13.0. The number of methoxy groups -OCH3 is 2. The highest BCUT2D eigenvalue weighted by Gasteiger charge is 2.32. The highest BCUT2D eigenvalue weighted by Crippen LogP contribution is 2.34. The molecule has 0 aromatic heterocycles. The van der Waals surface area contributed by atoms with Gasteiger partial charge in [-0.3, -0.25) is 4.79 Å². The van der Waals surface area contributed by atoms with Crippen LogP contribution in [0.25, 0.3) is 0 Å². The van der Waals surface area contributed by atoms with E-state index in [0.29, 0.717) is 6.54 Å². The standard InChI is InChI=1S/C22H28N2O3/c1-15-6-5-7-17(10-15)14-24-9-8-18-11-21(26-3)22(27-4)12-19(18)20(24)13-23-16(2)25/h5-7,10-12,20H,8-9,13-14H2,1-4H3,(H,23,25)/p+1/t20-/m0/s1. The molecule has 0 saturated carbocycles. The molecule has 0 radical (unpaired) electrons. The largest absolute Gasteiger partial charge is 0.493 e. The van der Waals surface area contributed by atoms with E-state index in [0.717, 1.165) is 31.0 Å². The maximum Gasteiger partial charge on any atom is 0.217 e. The van der Waals surface area contributed by atoms with Crippen LogP contribution in [0.2, 0.25) is 0 Å². The summed E-state index contributed by atoms with van der Waals surface area (Å²) in [5.41, 5.74) is 5.10. The second-order valence-electron chi connectivity index (χ2n) is 7.22. The number of nitrogens with one attached hydrogen (secondary N) is 2. The van der Waals surface area contributed by atoms with Gasteiger partial charge in [-0.05, 0) is 24.6 Å². The number of fused-ring (bicyclic) bond motifs is 1. The molecule has 2 aromatic rings. The van der Waals surface area contributed by atoms with Gasteiger partial charge in [0.1, 0.15) is 12.6 Å². The van der Waals surface area contributed by atoms with E-state index in [1.54, 1.807) is 21.1 Å². The van der Waals surface area contributed by atoms with Crippen LogP contribution in [-0.4, -0.2) is 33.2 Å². The molecule has 0 saturated heterocycles. The number of carbonyl (C=O) groups is 1. The first-order valence-electron chi connectivity index (χ1n) is 9.41. The van der Waals surface area contributed by atoms with Crippen molar-refractivity contribution in [3.8, 4) is 11.5 Å². The van der Waals surface area contributed by atoms with Crippen molar-refractivity contribution in [3.05, 3.63) is 58.7 Å². The molecule has 1 amide bonds. The Balaban J connectivity index is 1.94. The van der Waals surface area contributed by atoms with Crippen molar-refractivity contribution < 1.29 is 19.2 Å². The van der Waals surface area contributed by atoms with Gasteiger partial charge < -0.3 is 19.7 Å². The lowest BCUT2D eigenvalue weighted by Gasteiger charge is -2.35. The summed E-state index contributed by atoms with van der Waals surface area (Å²) >= 11 is 0. The van der Waals surface area contributed by atoms with Gasteiger partial charge in [-0.2, -0.15) is 0 Å². The number of quaternary nitrogens is 1. The predicted molar refractivity (Wildman–Crippen MR) is 105 cm³/mol. The SMILES string of the molecule is COc1cc2c(cc1OC)[C@H](CNC(C)=O)[NH+](Cc1cccc(C)c1)CC2. The Morgan fingerprint density at radius 1 is 1.19 bits per heavy atom. The van der Waals surface area contributed by atoms with Crippen molar-refractivity contribution in [1.29, 1.82) is 0 Å². The molecule has 3 rings (SSSR count). The summed E-state index contributed by atoms with van der Waals surface area (Å²) in [6.07, 6.45) is 0.980. The van der Waals surface area contributed by atoms with E-state index in [2.05, 4.69) is 48.6 Å². The molecule has 1 aliphatic heterocycles. The molecule has 1 heterocycles. The van der Waals surface area contributed by atoms with Gasteiger partial charge in [0, 0.05) is 24.5 Å². The number of hydrogen-bond donors (Lipinski definition) is 2. The van der Waals surface area contributed by atoms with Gasteiger partial charge in [0.05, 0.1) is 27.3 Å². The fourth-order valence-corrected chi connectivity index (χ4v) is 3.96. The molecule has 2 atom stereocenters. The van der Waals surface area contributed by atoms with Crippen LogP contribution in [-0.2, 0) is 17.8 Å². The van der Waals surface area contributed by atoms with E-state index < -0.39 is 0 Å². The second-order valence-corrected chi connectivity index (χ2v) is 7.22. The summed E-state index contributed by atoms with van der Waals surface area (Å²) in [5.74, 6) is 1.50. The first kappa shape index (κ1) is 19.2. The van der Waals surface area contributed by atoms with E-state index in [-0.39, 0.29) is 11.9 Å². The van der Waals surface area contributed by atoms with Crippen LogP contribution in [0.1, 0.15) is 35.2 Å². The van der Waals surface area contributed by atoms with Crippen molar-refractivity contribution in [3.63, 3.8) is 0 Å². The van der Waals surface area contributed by atoms with Crippen molar-refractivity contribution in [2.24, 2.45) is 0 Å². The van der Waals surface area contributed by atoms with E-state index in [4.69, 9.17) is 9.47 Å². The third-order valence-electron chi connectivity index (χ3n) is 5.30. The molecule has 0 bridgehead atoms. The molecule has 1 aliphatic rings. The molecule has 144 valence electrons. The van der Waals surface area contributed by atoms with Crippen LogP contribution in [0.5, 0.6) is 11.5 Å². The monoisotopic (exact) mass is 369 g/mol. The molecule has 0 spiro atoms. The van der Waals surface area contributed by atoms with Crippen LogP contribution in [0.15, 0.2) is 36.4 Å². The summed E-state index contributed by atoms with van der Waals surface area (Å²) in [4.78, 5) is 13.0. The van der Waals surface area contributed by atoms with Crippen LogP contribution in [0, 0.1) is 6.92 Å². The zero-order valence-electron chi connectivity index (χ0n) is 16.6. The Kier molecular flexibility index (Phi) is 6.01. The lowest BCUT2D eigenvalue weighted by molar-refractivity contribution is -0.945. The topological polar surface area (TPSA) is 52.0 Å². The maximum atomic E-state index is 11.6. The minimum atomic E-state index is -0.00231. The van der Waals surface area contributed by atoms with Crippen molar-refractivity contribution in [1.82, 2.24) is 5.32 Å². The van der Waals surface area contributed by atoms with Gasteiger partial charge >= 0.3 is 0 Å². The van der Waals surface area contributed by atoms with Crippen molar-refractivity contribution in [2.45, 2.75) is 32.9 Å². The molecule has 2 aromatic carbocycles. The van der Waals surface area contributed by atoms with Crippen LogP contribution in [0.4, 0.5) is 0 Å². The maximum absolute atomic E-state index is 11.6. The lowest BCUT2D eigenvalue weighted by Crippen LogP contribution is -3.12. The number of hydrogen-bond acceptors (Lipinski definition) is 3. The third kappa shape index (κ3) is 4.42. The molecule has 1 unspecified atom stereocenters. The highest BCUT2D eigenvalue weighted by molar-refractivity contribution is 5.72. The predicted octanol–water partition coefficient (Wildman–Crippen LogP) is 1.83. The summed E-state index contributed by atoms with van der Waals surface area (Å²) < 4.78 is 11.0. The lowest BCUT2D eigenvalue weighted by atomic mass is 9.91. The minimum absolute atomic E-state index is 0.00231. The van der Waals surface area contributed by atoms with Gasteiger partial charge in [-0.25, -0.2) is 0 Å². The molecule has 0 fully saturated rings. The quantitative estimate of drug-likeness (QED) is 0.817. The van der Waals surface area contributed by atoms with E-state index >= 15 is 0 Å². The molecular weight excluding hydrogens is 340 g/mol. The van der Waals surface area contributed by atoms with Crippen LogP contribution in [0.3, 0.4) is 0 Å². The summed E-state index contributed by atoms with van der Waals surface area (Å²) in [6.45, 7) is 6.24. The van der Waals surface area contributed by atoms with Gasteiger partial charge in [0.15, 0.2) is 11.5 Å². The van der Waals surface area contributed by atoms with E-state index in [9.17, 15) is 4.79 Å². The summed E-state index contributed by atoms with van der Waals surface area (Å²) in [7, 11) is 3.32. The minimum Gasteiger partial charge on any atom is -0.493 e. The Labute approximate surface area is 161 Å².